The van der Waals surface area contributed by atoms with Crippen LogP contribution in [0.15, 0.2) is 16.0 Å². The zero-order valence-corrected chi connectivity index (χ0v) is 15.2. The summed E-state index contributed by atoms with van der Waals surface area (Å²) in [6.07, 6.45) is -2.78. The predicted molar refractivity (Wildman–Crippen MR) is 91.3 cm³/mol. The molecule has 0 bridgehead atoms. The maximum atomic E-state index is 10.6. The number of aliphatic carboxylic acids is 1. The predicted octanol–water partition coefficient (Wildman–Crippen LogP) is 4.71. The number of nitrogens with two attached hydrogens (primary N) is 1. The van der Waals surface area contributed by atoms with Crippen molar-refractivity contribution in [2.75, 3.05) is 0 Å². The number of carboxylic acids is 1. The van der Waals surface area contributed by atoms with Gasteiger partial charge in [-0.3, -0.25) is 0 Å². The van der Waals surface area contributed by atoms with E-state index in [1.54, 1.807) is 22.7 Å². The van der Waals surface area contributed by atoms with Crippen molar-refractivity contribution in [3.63, 3.8) is 0 Å². The van der Waals surface area contributed by atoms with Crippen LogP contribution >= 0.6 is 34.3 Å². The number of aromatic nitrogens is 2. The van der Waals surface area contributed by atoms with Crippen LogP contribution in [0.5, 0.6) is 0 Å². The second-order valence-electron chi connectivity index (χ2n) is 5.49. The third kappa shape index (κ3) is 4.00. The molecule has 6 nitrogen and oxygen atoms in total. The van der Waals surface area contributed by atoms with E-state index in [0.29, 0.717) is 22.7 Å². The smallest absolute Gasteiger partial charge is 0.475 e. The van der Waals surface area contributed by atoms with Crippen LogP contribution in [-0.4, -0.2) is 27.4 Å². The van der Waals surface area contributed by atoms with E-state index < -0.39 is 12.1 Å². The molecule has 1 fully saturated rings. The van der Waals surface area contributed by atoms with Crippen molar-refractivity contribution in [1.29, 1.82) is 0 Å². The van der Waals surface area contributed by atoms with E-state index in [4.69, 9.17) is 31.8 Å². The van der Waals surface area contributed by atoms with Crippen molar-refractivity contribution < 1.29 is 27.6 Å². The standard InChI is InChI=1S/C12H10ClN3OS2.C2HF3O2/c13-7-6-3-4-18-12(6)19-9(7)11-15-10(16-17-11)8(14)5-1-2-5;3-2(4,5)1(6)7/h3-5,8H,1-2,14H2;(H,6,7). The topological polar surface area (TPSA) is 102 Å². The number of rotatable bonds is 3. The van der Waals surface area contributed by atoms with E-state index in [2.05, 4.69) is 10.1 Å². The fourth-order valence-electron chi connectivity index (χ4n) is 2.06. The van der Waals surface area contributed by atoms with E-state index in [1.807, 2.05) is 11.4 Å². The molecule has 0 radical (unpaired) electrons. The Morgan fingerprint density at radius 3 is 2.65 bits per heavy atom. The molecule has 4 rings (SSSR count). The van der Waals surface area contributed by atoms with Crippen LogP contribution in [-0.2, 0) is 4.79 Å². The van der Waals surface area contributed by atoms with Gasteiger partial charge in [0.25, 0.3) is 5.89 Å². The Morgan fingerprint density at radius 1 is 1.46 bits per heavy atom. The minimum atomic E-state index is -5.08. The molecule has 0 aliphatic heterocycles. The van der Waals surface area contributed by atoms with Gasteiger partial charge in [0, 0.05) is 5.39 Å². The van der Waals surface area contributed by atoms with Gasteiger partial charge < -0.3 is 15.4 Å². The number of carbonyl (C=O) groups is 1. The highest BCUT2D eigenvalue weighted by Crippen LogP contribution is 2.44. The normalized spacial score (nSPS) is 15.6. The van der Waals surface area contributed by atoms with Crippen molar-refractivity contribution in [3.05, 3.63) is 22.3 Å². The molecule has 0 aromatic carbocycles. The minimum Gasteiger partial charge on any atom is -0.475 e. The third-order valence-electron chi connectivity index (χ3n) is 3.57. The van der Waals surface area contributed by atoms with Crippen molar-refractivity contribution in [2.45, 2.75) is 25.1 Å². The summed E-state index contributed by atoms with van der Waals surface area (Å²) in [7, 11) is 0. The van der Waals surface area contributed by atoms with Gasteiger partial charge in [-0.15, -0.1) is 22.7 Å². The number of hydrogen-bond donors (Lipinski definition) is 2. The van der Waals surface area contributed by atoms with Crippen LogP contribution in [0.3, 0.4) is 0 Å². The van der Waals surface area contributed by atoms with Gasteiger partial charge in [0.15, 0.2) is 5.82 Å². The lowest BCUT2D eigenvalue weighted by atomic mass is 10.2. The van der Waals surface area contributed by atoms with E-state index in [9.17, 15) is 13.2 Å². The summed E-state index contributed by atoms with van der Waals surface area (Å²) in [5.74, 6) is -1.19. The van der Waals surface area contributed by atoms with Crippen molar-refractivity contribution in [3.8, 4) is 10.8 Å². The lowest BCUT2D eigenvalue weighted by Crippen LogP contribution is -2.21. The Labute approximate surface area is 157 Å². The first-order chi connectivity index (χ1) is 12.2. The first-order valence-corrected chi connectivity index (χ1v) is 9.31. The number of nitrogens with zero attached hydrogens (tertiary/aromatic N) is 2. The number of fused-ring (bicyclic) bond motifs is 1. The largest absolute Gasteiger partial charge is 0.490 e. The van der Waals surface area contributed by atoms with E-state index >= 15 is 0 Å². The lowest BCUT2D eigenvalue weighted by Gasteiger charge is -2.01. The Balaban J connectivity index is 0.000000242. The van der Waals surface area contributed by atoms with Gasteiger partial charge in [0.2, 0.25) is 0 Å². The fourth-order valence-corrected chi connectivity index (χ4v) is 4.60. The second kappa shape index (κ2) is 7.14. The number of hydrogen-bond acceptors (Lipinski definition) is 7. The maximum absolute atomic E-state index is 10.6. The Hall–Kier alpha value is -1.69. The van der Waals surface area contributed by atoms with Gasteiger partial charge in [-0.2, -0.15) is 18.2 Å². The quantitative estimate of drug-likeness (QED) is 0.630. The van der Waals surface area contributed by atoms with Gasteiger partial charge in [-0.25, -0.2) is 4.79 Å². The molecule has 3 heterocycles. The van der Waals surface area contributed by atoms with E-state index in [1.165, 1.54) is 4.01 Å². The van der Waals surface area contributed by atoms with E-state index in [-0.39, 0.29) is 6.04 Å². The molecule has 26 heavy (non-hydrogen) atoms. The summed E-state index contributed by atoms with van der Waals surface area (Å²) in [5.41, 5.74) is 6.07. The highest BCUT2D eigenvalue weighted by Gasteiger charge is 2.38. The van der Waals surface area contributed by atoms with Gasteiger partial charge in [-0.1, -0.05) is 16.8 Å². The Morgan fingerprint density at radius 2 is 2.12 bits per heavy atom. The zero-order chi connectivity index (χ0) is 19.1. The molecule has 0 amide bonds. The van der Waals surface area contributed by atoms with Crippen molar-refractivity contribution in [1.82, 2.24) is 10.1 Å². The minimum absolute atomic E-state index is 0.114. The number of alkyl halides is 3. The first kappa shape index (κ1) is 19.1. The molecular weight excluding hydrogens is 415 g/mol. The SMILES string of the molecule is NC(c1noc(-c2sc3sccc3c2Cl)n1)C1CC1.O=C(O)C(F)(F)F. The highest BCUT2D eigenvalue weighted by atomic mass is 35.5. The molecular formula is C14H11ClF3N3O3S2. The van der Waals surface area contributed by atoms with Crippen molar-refractivity contribution in [2.24, 2.45) is 11.7 Å². The molecule has 1 unspecified atom stereocenters. The van der Waals surface area contributed by atoms with E-state index in [0.717, 1.165) is 23.1 Å². The van der Waals surface area contributed by atoms with Crippen molar-refractivity contribution >= 4 is 49.6 Å². The average molecular weight is 426 g/mol. The molecule has 1 aliphatic carbocycles. The Kier molecular flexibility index (Phi) is 5.24. The summed E-state index contributed by atoms with van der Waals surface area (Å²) >= 11 is 9.60. The number of carboxylic acid groups (broad SMARTS) is 1. The average Bonchev–Trinajstić information content (AvgIpc) is 2.99. The maximum Gasteiger partial charge on any atom is 0.490 e. The molecule has 0 spiro atoms. The zero-order valence-electron chi connectivity index (χ0n) is 12.8. The van der Waals surface area contributed by atoms with Crippen LogP contribution in [0.25, 0.3) is 20.2 Å². The molecule has 1 saturated carbocycles. The highest BCUT2D eigenvalue weighted by molar-refractivity contribution is 7.39. The molecule has 1 aliphatic rings. The summed E-state index contributed by atoms with van der Waals surface area (Å²) in [5, 5.41) is 14.9. The van der Waals surface area contributed by atoms with Gasteiger partial charge in [0.1, 0.15) is 4.88 Å². The van der Waals surface area contributed by atoms with Crippen LogP contribution in [0, 0.1) is 5.92 Å². The van der Waals surface area contributed by atoms with Crippen LogP contribution in [0.1, 0.15) is 24.7 Å². The third-order valence-corrected chi connectivity index (χ3v) is 6.30. The van der Waals surface area contributed by atoms with Crippen LogP contribution in [0.4, 0.5) is 13.2 Å². The lowest BCUT2D eigenvalue weighted by molar-refractivity contribution is -0.192. The molecule has 3 N–H and O–H groups in total. The molecule has 3 aromatic rings. The van der Waals surface area contributed by atoms with Crippen LogP contribution < -0.4 is 5.73 Å². The monoisotopic (exact) mass is 425 g/mol. The molecule has 3 aromatic heterocycles. The van der Waals surface area contributed by atoms with Gasteiger partial charge in [0.05, 0.1) is 15.1 Å². The Bertz CT molecular complexity index is 933. The van der Waals surface area contributed by atoms with Gasteiger partial charge >= 0.3 is 12.1 Å². The fraction of sp³-hybridized carbons (Fsp3) is 0.357. The molecule has 1 atom stereocenters. The summed E-state index contributed by atoms with van der Waals surface area (Å²) in [4.78, 5) is 14.1. The summed E-state index contributed by atoms with van der Waals surface area (Å²) in [6.45, 7) is 0. The summed E-state index contributed by atoms with van der Waals surface area (Å²) in [6, 6.07) is 1.90. The first-order valence-electron chi connectivity index (χ1n) is 7.23. The second-order valence-corrected chi connectivity index (χ2v) is 8.06. The molecule has 140 valence electrons. The summed E-state index contributed by atoms with van der Waals surface area (Å²) < 4.78 is 38.2. The number of thiophene rings is 2. The number of halogens is 4. The molecule has 12 heteroatoms. The molecule has 0 saturated heterocycles. The van der Waals surface area contributed by atoms with Crippen LogP contribution in [0.2, 0.25) is 5.02 Å². The van der Waals surface area contributed by atoms with Gasteiger partial charge in [-0.05, 0) is 30.2 Å².